The lowest BCUT2D eigenvalue weighted by atomic mass is 10.1. The van der Waals surface area contributed by atoms with Gasteiger partial charge < -0.3 is 4.90 Å². The molecule has 0 saturated carbocycles. The number of nitrogens with zero attached hydrogens (tertiary/aromatic N) is 3. The highest BCUT2D eigenvalue weighted by Gasteiger charge is 2.26. The van der Waals surface area contributed by atoms with Crippen molar-refractivity contribution in [2.45, 2.75) is 11.8 Å². The van der Waals surface area contributed by atoms with Crippen molar-refractivity contribution in [1.29, 1.82) is 0 Å². The summed E-state index contributed by atoms with van der Waals surface area (Å²) in [5, 5.41) is 0. The zero-order valence-corrected chi connectivity index (χ0v) is 15.0. The molecule has 3 rings (SSSR count). The lowest BCUT2D eigenvalue weighted by Gasteiger charge is -2.12. The summed E-state index contributed by atoms with van der Waals surface area (Å²) in [6, 6.07) is 9.17. The largest absolute Gasteiger partial charge is 0.376 e. The van der Waals surface area contributed by atoms with Gasteiger partial charge in [-0.05, 0) is 36.8 Å². The minimum absolute atomic E-state index is 0.0490. The molecule has 0 bridgehead atoms. The maximum atomic E-state index is 14.4. The second-order valence-corrected chi connectivity index (χ2v) is 7.67. The van der Waals surface area contributed by atoms with Gasteiger partial charge in [-0.2, -0.15) is 0 Å². The van der Waals surface area contributed by atoms with Gasteiger partial charge in [0.05, 0.1) is 11.4 Å². The van der Waals surface area contributed by atoms with Crippen LogP contribution in [0.5, 0.6) is 0 Å². The van der Waals surface area contributed by atoms with E-state index in [1.807, 2.05) is 14.1 Å². The summed E-state index contributed by atoms with van der Waals surface area (Å²) in [7, 11) is -0.281. The fourth-order valence-corrected chi connectivity index (χ4v) is 4.17. The fourth-order valence-electron chi connectivity index (χ4n) is 2.79. The monoisotopic (exact) mass is 359 g/mol. The Kier molecular flexibility index (Phi) is 4.34. The van der Waals surface area contributed by atoms with Crippen molar-refractivity contribution in [1.82, 2.24) is 8.96 Å². The van der Waals surface area contributed by atoms with E-state index >= 15 is 0 Å². The first kappa shape index (κ1) is 17.2. The number of benzene rings is 1. The van der Waals surface area contributed by atoms with E-state index in [0.717, 1.165) is 3.97 Å². The van der Waals surface area contributed by atoms with E-state index in [4.69, 9.17) is 0 Å². The lowest BCUT2D eigenvalue weighted by Crippen LogP contribution is -2.14. The van der Waals surface area contributed by atoms with E-state index in [1.54, 1.807) is 36.1 Å². The molecule has 130 valence electrons. The molecule has 7 heteroatoms. The van der Waals surface area contributed by atoms with E-state index in [0.29, 0.717) is 16.9 Å². The first-order valence-corrected chi connectivity index (χ1v) is 9.08. The summed E-state index contributed by atoms with van der Waals surface area (Å²) in [4.78, 5) is 5.73. The molecular formula is C18H18FN3O2S. The molecule has 0 fully saturated rings. The molecule has 0 N–H and O–H groups in total. The Hall–Kier alpha value is -2.67. The Morgan fingerprint density at radius 2 is 1.84 bits per heavy atom. The molecule has 0 atom stereocenters. The third-order valence-electron chi connectivity index (χ3n) is 4.00. The molecule has 0 aliphatic heterocycles. The molecule has 5 nitrogen and oxygen atoms in total. The highest BCUT2D eigenvalue weighted by Crippen LogP contribution is 2.36. The average Bonchev–Trinajstić information content (AvgIpc) is 2.94. The normalized spacial score (nSPS) is 11.5. The second kappa shape index (κ2) is 6.33. The maximum Gasteiger partial charge on any atom is 0.269 e. The highest BCUT2D eigenvalue weighted by molar-refractivity contribution is 7.90. The van der Waals surface area contributed by atoms with Crippen LogP contribution in [0, 0.1) is 12.7 Å². The number of pyridine rings is 1. The fraction of sp³-hybridized carbons (Fsp3) is 0.167. The number of hydrogen-bond acceptors (Lipinski definition) is 4. The summed E-state index contributed by atoms with van der Waals surface area (Å²) in [6.45, 7) is 1.78. The van der Waals surface area contributed by atoms with Crippen LogP contribution in [0.4, 0.5) is 10.1 Å². The van der Waals surface area contributed by atoms with E-state index in [9.17, 15) is 12.8 Å². The van der Waals surface area contributed by atoms with Gasteiger partial charge in [-0.25, -0.2) is 16.8 Å². The quantitative estimate of drug-likeness (QED) is 0.717. The SMILES string of the molecule is Cc1c(N(C)C)cn(S(=O)(=O)c2cccnc2)c1-c1ccccc1F. The lowest BCUT2D eigenvalue weighted by molar-refractivity contribution is 0.587. The predicted molar refractivity (Wildman–Crippen MR) is 95.7 cm³/mol. The van der Waals surface area contributed by atoms with Gasteiger partial charge in [-0.15, -0.1) is 0 Å². The molecule has 0 radical (unpaired) electrons. The minimum atomic E-state index is -3.91. The molecule has 1 aromatic carbocycles. The third kappa shape index (κ3) is 2.91. The van der Waals surface area contributed by atoms with Crippen LogP contribution in [-0.4, -0.2) is 31.5 Å². The minimum Gasteiger partial charge on any atom is -0.376 e. The van der Waals surface area contributed by atoms with Crippen molar-refractivity contribution in [2.75, 3.05) is 19.0 Å². The third-order valence-corrected chi connectivity index (χ3v) is 5.64. The van der Waals surface area contributed by atoms with Crippen LogP contribution >= 0.6 is 0 Å². The van der Waals surface area contributed by atoms with Gasteiger partial charge in [0.1, 0.15) is 10.7 Å². The van der Waals surface area contributed by atoms with Crippen LogP contribution in [0.25, 0.3) is 11.3 Å². The van der Waals surface area contributed by atoms with Crippen LogP contribution in [0.1, 0.15) is 5.56 Å². The van der Waals surface area contributed by atoms with Crippen LogP contribution in [-0.2, 0) is 10.0 Å². The van der Waals surface area contributed by atoms with Gasteiger partial charge in [0.2, 0.25) is 0 Å². The van der Waals surface area contributed by atoms with Crippen LogP contribution < -0.4 is 4.90 Å². The molecule has 2 aromatic heterocycles. The Morgan fingerprint density at radius 1 is 1.12 bits per heavy atom. The summed E-state index contributed by atoms with van der Waals surface area (Å²) >= 11 is 0. The van der Waals surface area contributed by atoms with Gasteiger partial charge >= 0.3 is 0 Å². The molecule has 0 unspecified atom stereocenters. The molecule has 0 amide bonds. The Morgan fingerprint density at radius 3 is 2.44 bits per heavy atom. The average molecular weight is 359 g/mol. The number of rotatable bonds is 4. The van der Waals surface area contributed by atoms with Crippen molar-refractivity contribution in [3.8, 4) is 11.3 Å². The number of hydrogen-bond donors (Lipinski definition) is 0. The second-order valence-electron chi connectivity index (χ2n) is 5.85. The van der Waals surface area contributed by atoms with Gasteiger partial charge in [0.25, 0.3) is 10.0 Å². The van der Waals surface area contributed by atoms with Crippen molar-refractivity contribution < 1.29 is 12.8 Å². The first-order valence-electron chi connectivity index (χ1n) is 7.64. The van der Waals surface area contributed by atoms with Crippen molar-refractivity contribution in [3.63, 3.8) is 0 Å². The Bertz CT molecular complexity index is 1010. The summed E-state index contributed by atoms with van der Waals surface area (Å²) in [6.07, 6.45) is 4.30. The first-order chi connectivity index (χ1) is 11.8. The van der Waals surface area contributed by atoms with E-state index in [-0.39, 0.29) is 10.5 Å². The Labute approximate surface area is 146 Å². The topological polar surface area (TPSA) is 55.2 Å². The molecular weight excluding hydrogens is 341 g/mol. The number of halogens is 1. The van der Waals surface area contributed by atoms with Crippen molar-refractivity contribution in [2.24, 2.45) is 0 Å². The van der Waals surface area contributed by atoms with Crippen molar-refractivity contribution >= 4 is 15.7 Å². The molecule has 3 aromatic rings. The van der Waals surface area contributed by atoms with Gasteiger partial charge in [0, 0.05) is 38.2 Å². The molecule has 0 aliphatic rings. The standard InChI is InChI=1S/C18H18FN3O2S/c1-13-17(21(2)3)12-22(18(13)15-8-4-5-9-16(15)19)25(23,24)14-7-6-10-20-11-14/h4-12H,1-3H3. The molecule has 0 saturated heterocycles. The predicted octanol–water partition coefficient (Wildman–Crippen LogP) is 3.30. The Balaban J connectivity index is 2.35. The van der Waals surface area contributed by atoms with Crippen LogP contribution in [0.2, 0.25) is 0 Å². The molecule has 2 heterocycles. The zero-order chi connectivity index (χ0) is 18.2. The van der Waals surface area contributed by atoms with E-state index in [1.165, 1.54) is 30.7 Å². The molecule has 0 spiro atoms. The zero-order valence-electron chi connectivity index (χ0n) is 14.1. The summed E-state index contributed by atoms with van der Waals surface area (Å²) in [5.41, 5.74) is 1.93. The van der Waals surface area contributed by atoms with Crippen molar-refractivity contribution in [3.05, 3.63) is 66.4 Å². The van der Waals surface area contributed by atoms with Gasteiger partial charge in [-0.1, -0.05) is 12.1 Å². The molecule has 0 aliphatic carbocycles. The van der Waals surface area contributed by atoms with E-state index < -0.39 is 15.8 Å². The number of aromatic nitrogens is 2. The number of anilines is 1. The molecule has 25 heavy (non-hydrogen) atoms. The van der Waals surface area contributed by atoms with Crippen LogP contribution in [0.3, 0.4) is 0 Å². The smallest absolute Gasteiger partial charge is 0.269 e. The highest BCUT2D eigenvalue weighted by atomic mass is 32.2. The van der Waals surface area contributed by atoms with E-state index in [2.05, 4.69) is 4.98 Å². The van der Waals surface area contributed by atoms with Crippen LogP contribution in [0.15, 0.2) is 59.9 Å². The summed E-state index contributed by atoms with van der Waals surface area (Å²) < 4.78 is 41.8. The maximum absolute atomic E-state index is 14.4. The van der Waals surface area contributed by atoms with Gasteiger partial charge in [-0.3, -0.25) is 4.98 Å². The van der Waals surface area contributed by atoms with Gasteiger partial charge in [0.15, 0.2) is 0 Å². The summed E-state index contributed by atoms with van der Waals surface area (Å²) in [5.74, 6) is -0.475.